The molecule has 0 bridgehead atoms. The number of aldehydes is 1. The molecule has 0 aromatic heterocycles. The van der Waals surface area contributed by atoms with Gasteiger partial charge in [0.05, 0.1) is 24.9 Å². The van der Waals surface area contributed by atoms with Gasteiger partial charge in [0.2, 0.25) is 0 Å². The number of hydrogen-bond donors (Lipinski definition) is 0. The van der Waals surface area contributed by atoms with Gasteiger partial charge in [-0.2, -0.15) is 0 Å². The van der Waals surface area contributed by atoms with E-state index < -0.39 is 18.3 Å². The Morgan fingerprint density at radius 2 is 1.68 bits per heavy atom. The van der Waals surface area contributed by atoms with Crippen LogP contribution in [0.3, 0.4) is 0 Å². The summed E-state index contributed by atoms with van der Waals surface area (Å²) in [6.45, 7) is 11.9. The molecule has 0 saturated carbocycles. The Labute approximate surface area is 169 Å². The zero-order valence-corrected chi connectivity index (χ0v) is 18.0. The zero-order chi connectivity index (χ0) is 20.8. The summed E-state index contributed by atoms with van der Waals surface area (Å²) in [5, 5.41) is 0. The van der Waals surface area contributed by atoms with Gasteiger partial charge in [-0.05, 0) is 46.2 Å². The van der Waals surface area contributed by atoms with Crippen molar-refractivity contribution in [1.82, 2.24) is 0 Å². The number of ether oxygens (including phenoxy) is 3. The third-order valence-corrected chi connectivity index (χ3v) is 5.35. The average molecular weight is 392 g/mol. The summed E-state index contributed by atoms with van der Waals surface area (Å²) in [6, 6.07) is 3.43. The predicted molar refractivity (Wildman–Crippen MR) is 110 cm³/mol. The molecule has 0 amide bonds. The summed E-state index contributed by atoms with van der Waals surface area (Å²) in [5.41, 5.74) is -0.00952. The van der Waals surface area contributed by atoms with E-state index in [0.29, 0.717) is 35.7 Å². The standard InChI is InChI=1S/C21H33BO6/c1-7-8-12-25-13-9-14-26-19-17(24-6)11-10-16(15-23)18(19)22-27-20(2,3)21(4,5)28-22/h10-11,15H,7-9,12-14H2,1-6H3. The van der Waals surface area contributed by atoms with E-state index in [1.165, 1.54) is 0 Å². The first-order valence-corrected chi connectivity index (χ1v) is 9.99. The number of benzene rings is 1. The first kappa shape index (κ1) is 22.7. The lowest BCUT2D eigenvalue weighted by molar-refractivity contribution is 0.00578. The van der Waals surface area contributed by atoms with Crippen LogP contribution in [0.25, 0.3) is 0 Å². The van der Waals surface area contributed by atoms with Gasteiger partial charge >= 0.3 is 7.12 Å². The molecular weight excluding hydrogens is 359 g/mol. The van der Waals surface area contributed by atoms with E-state index in [1.54, 1.807) is 19.2 Å². The second-order valence-electron chi connectivity index (χ2n) is 7.97. The Balaban J connectivity index is 2.20. The van der Waals surface area contributed by atoms with E-state index in [2.05, 4.69) is 6.92 Å². The van der Waals surface area contributed by atoms with Gasteiger partial charge in [-0.3, -0.25) is 4.79 Å². The monoisotopic (exact) mass is 392 g/mol. The lowest BCUT2D eigenvalue weighted by atomic mass is 9.75. The van der Waals surface area contributed by atoms with Gasteiger partial charge in [-0.1, -0.05) is 13.3 Å². The molecule has 2 rings (SSSR count). The van der Waals surface area contributed by atoms with Gasteiger partial charge in [0.25, 0.3) is 0 Å². The normalized spacial score (nSPS) is 17.6. The number of carbonyl (C=O) groups excluding carboxylic acids is 1. The Kier molecular flexibility index (Phi) is 7.92. The molecule has 0 spiro atoms. The summed E-state index contributed by atoms with van der Waals surface area (Å²) in [6.07, 6.45) is 3.70. The van der Waals surface area contributed by atoms with Crippen molar-refractivity contribution in [3.8, 4) is 11.5 Å². The van der Waals surface area contributed by atoms with Gasteiger partial charge in [-0.15, -0.1) is 0 Å². The highest BCUT2D eigenvalue weighted by molar-refractivity contribution is 6.64. The van der Waals surface area contributed by atoms with Gasteiger partial charge in [0.15, 0.2) is 11.5 Å². The third kappa shape index (κ3) is 5.07. The molecule has 0 atom stereocenters. The fourth-order valence-corrected chi connectivity index (χ4v) is 2.89. The summed E-state index contributed by atoms with van der Waals surface area (Å²) in [5.74, 6) is 1.03. The smallest absolute Gasteiger partial charge is 0.493 e. The Morgan fingerprint density at radius 3 is 2.25 bits per heavy atom. The maximum absolute atomic E-state index is 11.7. The number of hydrogen-bond acceptors (Lipinski definition) is 6. The first-order valence-electron chi connectivity index (χ1n) is 9.99. The number of rotatable bonds is 11. The maximum Gasteiger partial charge on any atom is 0.499 e. The third-order valence-electron chi connectivity index (χ3n) is 5.35. The van der Waals surface area contributed by atoms with Crippen molar-refractivity contribution in [1.29, 1.82) is 0 Å². The van der Waals surface area contributed by atoms with Gasteiger partial charge < -0.3 is 23.5 Å². The van der Waals surface area contributed by atoms with Crippen LogP contribution in [0.1, 0.15) is 64.2 Å². The van der Waals surface area contributed by atoms with Crippen molar-refractivity contribution in [3.63, 3.8) is 0 Å². The molecule has 1 aromatic rings. The van der Waals surface area contributed by atoms with Crippen molar-refractivity contribution < 1.29 is 28.3 Å². The fraction of sp³-hybridized carbons (Fsp3) is 0.667. The second kappa shape index (κ2) is 9.77. The van der Waals surface area contributed by atoms with Gasteiger partial charge in [0.1, 0.15) is 6.29 Å². The average Bonchev–Trinajstić information content (AvgIpc) is 2.87. The fourth-order valence-electron chi connectivity index (χ4n) is 2.89. The summed E-state index contributed by atoms with van der Waals surface area (Å²) < 4.78 is 29.4. The molecule has 1 saturated heterocycles. The van der Waals surface area contributed by atoms with Crippen LogP contribution in [0.2, 0.25) is 0 Å². The van der Waals surface area contributed by atoms with Crippen LogP contribution in [0, 0.1) is 0 Å². The molecule has 6 nitrogen and oxygen atoms in total. The molecule has 28 heavy (non-hydrogen) atoms. The minimum absolute atomic E-state index is 0.442. The minimum atomic E-state index is -0.712. The Bertz CT molecular complexity index is 643. The summed E-state index contributed by atoms with van der Waals surface area (Å²) in [7, 11) is 0.862. The molecule has 156 valence electrons. The molecule has 0 aliphatic carbocycles. The SMILES string of the molecule is CCCCOCCCOc1c(OC)ccc(C=O)c1B1OC(C)(C)C(C)(C)O1. The van der Waals surface area contributed by atoms with E-state index in [1.807, 2.05) is 27.7 Å². The van der Waals surface area contributed by atoms with Crippen LogP contribution in [0.4, 0.5) is 0 Å². The lowest BCUT2D eigenvalue weighted by Gasteiger charge is -2.32. The highest BCUT2D eigenvalue weighted by atomic mass is 16.7. The molecule has 0 radical (unpaired) electrons. The maximum atomic E-state index is 11.7. The molecule has 0 N–H and O–H groups in total. The molecule has 1 aliphatic heterocycles. The molecule has 1 aliphatic rings. The van der Waals surface area contributed by atoms with Gasteiger partial charge in [-0.25, -0.2) is 0 Å². The lowest BCUT2D eigenvalue weighted by Crippen LogP contribution is -2.41. The Morgan fingerprint density at radius 1 is 1.04 bits per heavy atom. The van der Waals surface area contributed by atoms with Crippen molar-refractivity contribution in [2.24, 2.45) is 0 Å². The molecule has 0 unspecified atom stereocenters. The molecule has 1 heterocycles. The van der Waals surface area contributed by atoms with Crippen LogP contribution in [0.5, 0.6) is 11.5 Å². The largest absolute Gasteiger partial charge is 0.499 e. The molecular formula is C21H33BO6. The van der Waals surface area contributed by atoms with E-state index in [0.717, 1.165) is 32.2 Å². The van der Waals surface area contributed by atoms with E-state index in [9.17, 15) is 4.79 Å². The topological polar surface area (TPSA) is 63.2 Å². The van der Waals surface area contributed by atoms with E-state index in [4.69, 9.17) is 23.5 Å². The minimum Gasteiger partial charge on any atom is -0.493 e. The van der Waals surface area contributed by atoms with Crippen molar-refractivity contribution in [2.45, 2.75) is 65.1 Å². The summed E-state index contributed by atoms with van der Waals surface area (Å²) >= 11 is 0. The number of carbonyl (C=O) groups is 1. The molecule has 7 heteroatoms. The summed E-state index contributed by atoms with van der Waals surface area (Å²) in [4.78, 5) is 11.7. The van der Waals surface area contributed by atoms with Crippen LogP contribution in [-0.4, -0.2) is 51.5 Å². The first-order chi connectivity index (χ1) is 13.3. The van der Waals surface area contributed by atoms with Crippen LogP contribution >= 0.6 is 0 Å². The van der Waals surface area contributed by atoms with E-state index >= 15 is 0 Å². The highest BCUT2D eigenvalue weighted by Gasteiger charge is 2.53. The van der Waals surface area contributed by atoms with Crippen molar-refractivity contribution in [2.75, 3.05) is 26.9 Å². The zero-order valence-electron chi connectivity index (χ0n) is 18.0. The van der Waals surface area contributed by atoms with Gasteiger partial charge in [0, 0.05) is 30.7 Å². The Hall–Kier alpha value is -1.57. The predicted octanol–water partition coefficient (Wildman–Crippen LogP) is 3.39. The second-order valence-corrected chi connectivity index (χ2v) is 7.97. The molecule has 1 aromatic carbocycles. The number of methoxy groups -OCH3 is 1. The molecule has 1 fully saturated rings. The van der Waals surface area contributed by atoms with Crippen LogP contribution < -0.4 is 14.9 Å². The highest BCUT2D eigenvalue weighted by Crippen LogP contribution is 2.38. The van der Waals surface area contributed by atoms with E-state index in [-0.39, 0.29) is 0 Å². The van der Waals surface area contributed by atoms with Crippen LogP contribution in [-0.2, 0) is 14.0 Å². The van der Waals surface area contributed by atoms with Crippen LogP contribution in [0.15, 0.2) is 12.1 Å². The number of unbranched alkanes of at least 4 members (excludes halogenated alkanes) is 1. The quantitative estimate of drug-likeness (QED) is 0.327. The van der Waals surface area contributed by atoms with Crippen molar-refractivity contribution >= 4 is 18.9 Å². The van der Waals surface area contributed by atoms with Crippen molar-refractivity contribution in [3.05, 3.63) is 17.7 Å².